The molecule has 1 aliphatic rings. The molecule has 1 amide bonds. The number of halogens is 1. The summed E-state index contributed by atoms with van der Waals surface area (Å²) < 4.78 is 0. The average Bonchev–Trinajstić information content (AvgIpc) is 2.42. The van der Waals surface area contributed by atoms with Crippen molar-refractivity contribution >= 4 is 17.5 Å². The maximum atomic E-state index is 12.0. The highest BCUT2D eigenvalue weighted by Gasteiger charge is 2.23. The summed E-state index contributed by atoms with van der Waals surface area (Å²) in [5.74, 6) is 0.0545. The van der Waals surface area contributed by atoms with Crippen LogP contribution in [0, 0.1) is 0 Å². The fourth-order valence-corrected chi connectivity index (χ4v) is 3.07. The number of nitrogens with one attached hydrogen (secondary N) is 1. The summed E-state index contributed by atoms with van der Waals surface area (Å²) in [5.41, 5.74) is 1.88. The van der Waals surface area contributed by atoms with Crippen LogP contribution < -0.4 is 5.32 Å². The third kappa shape index (κ3) is 4.24. The molecule has 2 nitrogen and oxygen atoms in total. The smallest absolute Gasteiger partial charge is 0.251 e. The Morgan fingerprint density at radius 2 is 1.95 bits per heavy atom. The molecule has 0 fully saturated rings. The Bertz CT molecular complexity index is 458. The lowest BCUT2D eigenvalue weighted by Crippen LogP contribution is -2.41. The molecule has 0 saturated carbocycles. The van der Waals surface area contributed by atoms with Crippen LogP contribution in [-0.4, -0.2) is 11.9 Å². The molecule has 0 bridgehead atoms. The van der Waals surface area contributed by atoms with Gasteiger partial charge >= 0.3 is 0 Å². The lowest BCUT2D eigenvalue weighted by atomic mass is 9.92. The van der Waals surface area contributed by atoms with Crippen LogP contribution in [0.5, 0.6) is 0 Å². The Morgan fingerprint density at radius 3 is 2.75 bits per heavy atom. The number of rotatable bonds is 7. The van der Waals surface area contributed by atoms with Crippen molar-refractivity contribution < 1.29 is 4.79 Å². The minimum absolute atomic E-state index is 0.0545. The number of carbonyl (C=O) groups is 1. The van der Waals surface area contributed by atoms with Crippen molar-refractivity contribution in [2.24, 2.45) is 0 Å². The van der Waals surface area contributed by atoms with Gasteiger partial charge in [0.25, 0.3) is 5.91 Å². The summed E-state index contributed by atoms with van der Waals surface area (Å²) in [7, 11) is 0. The quantitative estimate of drug-likeness (QED) is 0.723. The van der Waals surface area contributed by atoms with E-state index in [-0.39, 0.29) is 11.9 Å². The van der Waals surface area contributed by atoms with Crippen molar-refractivity contribution in [3.63, 3.8) is 0 Å². The lowest BCUT2D eigenvalue weighted by molar-refractivity contribution is 0.0922. The van der Waals surface area contributed by atoms with Gasteiger partial charge in [-0.25, -0.2) is 0 Å². The minimum atomic E-state index is 0.0545. The van der Waals surface area contributed by atoms with Crippen LogP contribution >= 0.6 is 11.6 Å². The first-order valence-corrected chi connectivity index (χ1v) is 8.17. The maximum Gasteiger partial charge on any atom is 0.251 e. The van der Waals surface area contributed by atoms with Gasteiger partial charge in [0.05, 0.1) is 0 Å². The molecule has 0 aromatic heterocycles. The highest BCUT2D eigenvalue weighted by molar-refractivity contribution is 6.30. The van der Waals surface area contributed by atoms with E-state index in [1.54, 1.807) is 6.07 Å². The molecule has 1 heterocycles. The Morgan fingerprint density at radius 1 is 1.20 bits per heavy atom. The van der Waals surface area contributed by atoms with Gasteiger partial charge in [-0.2, -0.15) is 0 Å². The first kappa shape index (κ1) is 15.4. The van der Waals surface area contributed by atoms with Crippen molar-refractivity contribution in [2.75, 3.05) is 0 Å². The molecule has 0 aliphatic carbocycles. The van der Waals surface area contributed by atoms with E-state index in [4.69, 9.17) is 11.6 Å². The van der Waals surface area contributed by atoms with Crippen molar-refractivity contribution in [1.82, 2.24) is 5.32 Å². The van der Waals surface area contributed by atoms with Gasteiger partial charge in [0.2, 0.25) is 0 Å². The Labute approximate surface area is 126 Å². The molecule has 0 radical (unpaired) electrons. The molecule has 1 atom stereocenters. The Balaban J connectivity index is 1.80. The zero-order chi connectivity index (χ0) is 14.4. The number of hydrogen-bond donors (Lipinski definition) is 1. The van der Waals surface area contributed by atoms with Crippen LogP contribution in [0.3, 0.4) is 0 Å². The summed E-state index contributed by atoms with van der Waals surface area (Å²) in [4.78, 5) is 12.0. The number of benzene rings is 1. The van der Waals surface area contributed by atoms with Crippen LogP contribution in [0.25, 0.3) is 0 Å². The van der Waals surface area contributed by atoms with E-state index in [0.717, 1.165) is 29.0 Å². The lowest BCUT2D eigenvalue weighted by Gasteiger charge is -2.25. The van der Waals surface area contributed by atoms with Crippen molar-refractivity contribution in [3.8, 4) is 0 Å². The monoisotopic (exact) mass is 293 g/mol. The van der Waals surface area contributed by atoms with Crippen LogP contribution in [0.15, 0.2) is 18.2 Å². The van der Waals surface area contributed by atoms with Crippen molar-refractivity contribution in [1.29, 1.82) is 0 Å². The molecule has 0 saturated heterocycles. The first-order chi connectivity index (χ1) is 9.70. The number of fused-ring (bicyclic) bond motifs is 1. The minimum Gasteiger partial charge on any atom is -0.349 e. The van der Waals surface area contributed by atoms with Crippen LogP contribution in [0.1, 0.15) is 67.8 Å². The second kappa shape index (κ2) is 7.68. The molecule has 1 aliphatic heterocycles. The van der Waals surface area contributed by atoms with Gasteiger partial charge in [-0.3, -0.25) is 4.79 Å². The third-order valence-electron chi connectivity index (χ3n) is 4.02. The van der Waals surface area contributed by atoms with Crippen molar-refractivity contribution in [2.45, 2.75) is 64.3 Å². The Kier molecular flexibility index (Phi) is 5.90. The maximum absolute atomic E-state index is 12.0. The van der Waals surface area contributed by atoms with E-state index in [0.29, 0.717) is 0 Å². The van der Waals surface area contributed by atoms with E-state index in [1.807, 2.05) is 12.1 Å². The molecule has 1 aromatic carbocycles. The SMILES string of the molecule is CCCCCCCCC1Cc2cc(Cl)ccc2C(=O)N1. The number of hydrogen-bond acceptors (Lipinski definition) is 1. The molecule has 3 heteroatoms. The molecule has 2 rings (SSSR count). The zero-order valence-electron chi connectivity index (χ0n) is 12.3. The average molecular weight is 294 g/mol. The molecule has 0 spiro atoms. The van der Waals surface area contributed by atoms with Gasteiger partial charge < -0.3 is 5.32 Å². The van der Waals surface area contributed by atoms with Gasteiger partial charge in [-0.1, -0.05) is 57.0 Å². The topological polar surface area (TPSA) is 29.1 Å². The molecular weight excluding hydrogens is 270 g/mol. The predicted octanol–water partition coefficient (Wildman–Crippen LogP) is 4.75. The largest absolute Gasteiger partial charge is 0.349 e. The summed E-state index contributed by atoms with van der Waals surface area (Å²) in [6, 6.07) is 5.82. The zero-order valence-corrected chi connectivity index (χ0v) is 13.0. The van der Waals surface area contributed by atoms with Crippen molar-refractivity contribution in [3.05, 3.63) is 34.3 Å². The Hall–Kier alpha value is -1.02. The normalized spacial score (nSPS) is 17.7. The van der Waals surface area contributed by atoms with Gasteiger partial charge in [-0.15, -0.1) is 0 Å². The van der Waals surface area contributed by atoms with E-state index >= 15 is 0 Å². The van der Waals surface area contributed by atoms with E-state index in [1.165, 1.54) is 38.5 Å². The van der Waals surface area contributed by atoms with E-state index in [9.17, 15) is 4.79 Å². The fraction of sp³-hybridized carbons (Fsp3) is 0.588. The molecule has 110 valence electrons. The van der Waals surface area contributed by atoms with Gasteiger partial charge in [0.15, 0.2) is 0 Å². The molecule has 1 N–H and O–H groups in total. The second-order valence-corrected chi connectivity index (χ2v) is 6.17. The summed E-state index contributed by atoms with van der Waals surface area (Å²) in [6.07, 6.45) is 9.74. The third-order valence-corrected chi connectivity index (χ3v) is 4.25. The molecule has 20 heavy (non-hydrogen) atoms. The van der Waals surface area contributed by atoms with E-state index in [2.05, 4.69) is 12.2 Å². The number of unbranched alkanes of at least 4 members (excludes halogenated alkanes) is 5. The van der Waals surface area contributed by atoms with Gasteiger partial charge in [0, 0.05) is 16.6 Å². The number of amides is 1. The van der Waals surface area contributed by atoms with Gasteiger partial charge in [-0.05, 0) is 36.6 Å². The van der Waals surface area contributed by atoms with Crippen LogP contribution in [0.4, 0.5) is 0 Å². The van der Waals surface area contributed by atoms with Crippen LogP contribution in [0.2, 0.25) is 5.02 Å². The standard InChI is InChI=1S/C17H24ClNO/c1-2-3-4-5-6-7-8-15-12-13-11-14(18)9-10-16(13)17(20)19-15/h9-11,15H,2-8,12H2,1H3,(H,19,20). The molecule has 1 aromatic rings. The fourth-order valence-electron chi connectivity index (χ4n) is 2.88. The molecule has 1 unspecified atom stereocenters. The predicted molar refractivity (Wildman–Crippen MR) is 84.4 cm³/mol. The van der Waals surface area contributed by atoms with Crippen LogP contribution in [-0.2, 0) is 6.42 Å². The van der Waals surface area contributed by atoms with Gasteiger partial charge in [0.1, 0.15) is 0 Å². The molecular formula is C17H24ClNO. The first-order valence-electron chi connectivity index (χ1n) is 7.80. The highest BCUT2D eigenvalue weighted by atomic mass is 35.5. The van der Waals surface area contributed by atoms with E-state index < -0.39 is 0 Å². The number of carbonyl (C=O) groups excluding carboxylic acids is 1. The summed E-state index contributed by atoms with van der Waals surface area (Å²) >= 11 is 6.02. The highest BCUT2D eigenvalue weighted by Crippen LogP contribution is 2.23. The summed E-state index contributed by atoms with van der Waals surface area (Å²) in [5, 5.41) is 3.83. The second-order valence-electron chi connectivity index (χ2n) is 5.73. The summed E-state index contributed by atoms with van der Waals surface area (Å²) in [6.45, 7) is 2.24.